The minimum absolute atomic E-state index is 0.130. The SMILES string of the molecule is N#Cc1ccc(CNC(=O)c2ccc3ncccc3c2)cc1. The van der Waals surface area contributed by atoms with Crippen LogP contribution in [0.2, 0.25) is 0 Å². The third-order valence-electron chi connectivity index (χ3n) is 3.40. The van der Waals surface area contributed by atoms with Crippen LogP contribution in [0.15, 0.2) is 60.8 Å². The zero-order valence-corrected chi connectivity index (χ0v) is 11.8. The molecule has 3 rings (SSSR count). The Morgan fingerprint density at radius 1 is 1.14 bits per heavy atom. The summed E-state index contributed by atoms with van der Waals surface area (Å²) in [6.07, 6.45) is 1.73. The van der Waals surface area contributed by atoms with Gasteiger partial charge in [0.25, 0.3) is 5.91 Å². The first-order valence-electron chi connectivity index (χ1n) is 6.88. The van der Waals surface area contributed by atoms with Gasteiger partial charge in [0.05, 0.1) is 17.1 Å². The first-order chi connectivity index (χ1) is 10.8. The molecule has 1 heterocycles. The summed E-state index contributed by atoms with van der Waals surface area (Å²) in [6, 6.07) is 18.4. The minimum Gasteiger partial charge on any atom is -0.348 e. The number of amides is 1. The van der Waals surface area contributed by atoms with E-state index < -0.39 is 0 Å². The highest BCUT2D eigenvalue weighted by molar-refractivity contribution is 5.97. The van der Waals surface area contributed by atoms with E-state index in [-0.39, 0.29) is 5.91 Å². The van der Waals surface area contributed by atoms with Crippen molar-refractivity contribution >= 4 is 16.8 Å². The van der Waals surface area contributed by atoms with Gasteiger partial charge in [-0.25, -0.2) is 0 Å². The highest BCUT2D eigenvalue weighted by Gasteiger charge is 2.06. The first-order valence-corrected chi connectivity index (χ1v) is 6.88. The van der Waals surface area contributed by atoms with E-state index in [9.17, 15) is 4.79 Å². The van der Waals surface area contributed by atoms with Crippen molar-refractivity contribution in [3.05, 3.63) is 77.5 Å². The second-order valence-corrected chi connectivity index (χ2v) is 4.90. The van der Waals surface area contributed by atoms with E-state index in [1.54, 1.807) is 24.4 Å². The molecule has 1 N–H and O–H groups in total. The lowest BCUT2D eigenvalue weighted by molar-refractivity contribution is 0.0951. The second-order valence-electron chi connectivity index (χ2n) is 4.90. The number of nitrogens with zero attached hydrogens (tertiary/aromatic N) is 2. The van der Waals surface area contributed by atoms with Crippen molar-refractivity contribution in [1.82, 2.24) is 10.3 Å². The topological polar surface area (TPSA) is 65.8 Å². The van der Waals surface area contributed by atoms with Gasteiger partial charge in [0.15, 0.2) is 0 Å². The summed E-state index contributed by atoms with van der Waals surface area (Å²) in [7, 11) is 0. The van der Waals surface area contributed by atoms with Crippen LogP contribution in [-0.2, 0) is 6.54 Å². The predicted octanol–water partition coefficient (Wildman–Crippen LogP) is 3.04. The van der Waals surface area contributed by atoms with E-state index in [1.807, 2.05) is 36.4 Å². The molecule has 1 aromatic heterocycles. The molecule has 4 nitrogen and oxygen atoms in total. The molecular formula is C18H13N3O. The van der Waals surface area contributed by atoms with Crippen LogP contribution in [0.25, 0.3) is 10.9 Å². The molecule has 0 unspecified atom stereocenters. The monoisotopic (exact) mass is 287 g/mol. The van der Waals surface area contributed by atoms with Crippen molar-refractivity contribution in [2.75, 3.05) is 0 Å². The van der Waals surface area contributed by atoms with E-state index in [0.29, 0.717) is 17.7 Å². The van der Waals surface area contributed by atoms with Gasteiger partial charge in [-0.15, -0.1) is 0 Å². The van der Waals surface area contributed by atoms with Crippen molar-refractivity contribution in [3.63, 3.8) is 0 Å². The van der Waals surface area contributed by atoms with Crippen LogP contribution in [0.1, 0.15) is 21.5 Å². The van der Waals surface area contributed by atoms with Gasteiger partial charge >= 0.3 is 0 Å². The molecule has 22 heavy (non-hydrogen) atoms. The van der Waals surface area contributed by atoms with Gasteiger partial charge in [-0.2, -0.15) is 5.26 Å². The van der Waals surface area contributed by atoms with E-state index in [0.717, 1.165) is 16.5 Å². The van der Waals surface area contributed by atoms with Gasteiger partial charge in [-0.05, 0) is 42.0 Å². The van der Waals surface area contributed by atoms with Crippen LogP contribution >= 0.6 is 0 Å². The lowest BCUT2D eigenvalue weighted by atomic mass is 10.1. The summed E-state index contributed by atoms with van der Waals surface area (Å²) >= 11 is 0. The summed E-state index contributed by atoms with van der Waals surface area (Å²) < 4.78 is 0. The van der Waals surface area contributed by atoms with Crippen molar-refractivity contribution in [3.8, 4) is 6.07 Å². The number of benzene rings is 2. The number of pyridine rings is 1. The lowest BCUT2D eigenvalue weighted by Gasteiger charge is -2.06. The number of nitriles is 1. The zero-order valence-electron chi connectivity index (χ0n) is 11.8. The molecule has 2 aromatic carbocycles. The average Bonchev–Trinajstić information content (AvgIpc) is 2.59. The molecule has 3 aromatic rings. The van der Waals surface area contributed by atoms with Crippen molar-refractivity contribution in [2.45, 2.75) is 6.54 Å². The fourth-order valence-corrected chi connectivity index (χ4v) is 2.20. The Hall–Kier alpha value is -3.19. The Balaban J connectivity index is 1.71. The molecule has 1 amide bonds. The number of rotatable bonds is 3. The predicted molar refractivity (Wildman–Crippen MR) is 84.1 cm³/mol. The van der Waals surface area contributed by atoms with Crippen LogP contribution in [0.3, 0.4) is 0 Å². The third kappa shape index (κ3) is 2.94. The maximum absolute atomic E-state index is 12.2. The number of carbonyl (C=O) groups is 1. The van der Waals surface area contributed by atoms with Gasteiger partial charge in [0.2, 0.25) is 0 Å². The number of nitrogens with one attached hydrogen (secondary N) is 1. The minimum atomic E-state index is -0.130. The van der Waals surface area contributed by atoms with Gasteiger partial charge in [0.1, 0.15) is 0 Å². The summed E-state index contributed by atoms with van der Waals surface area (Å²) in [5.74, 6) is -0.130. The largest absolute Gasteiger partial charge is 0.348 e. The van der Waals surface area contributed by atoms with E-state index >= 15 is 0 Å². The standard InChI is InChI=1S/C18H13N3O/c19-11-13-3-5-14(6-4-13)12-21-18(22)16-7-8-17-15(10-16)2-1-9-20-17/h1-10H,12H2,(H,21,22). The molecule has 0 aliphatic carbocycles. The molecule has 0 radical (unpaired) electrons. The number of hydrogen-bond acceptors (Lipinski definition) is 3. The third-order valence-corrected chi connectivity index (χ3v) is 3.40. The Kier molecular flexibility index (Phi) is 3.80. The molecular weight excluding hydrogens is 274 g/mol. The zero-order chi connectivity index (χ0) is 15.4. The lowest BCUT2D eigenvalue weighted by Crippen LogP contribution is -2.22. The molecule has 0 saturated carbocycles. The van der Waals surface area contributed by atoms with Crippen LogP contribution in [0.4, 0.5) is 0 Å². The average molecular weight is 287 g/mol. The molecule has 0 saturated heterocycles. The Labute approximate surface area is 128 Å². The maximum atomic E-state index is 12.2. The smallest absolute Gasteiger partial charge is 0.251 e. The second kappa shape index (κ2) is 6.06. The number of aromatic nitrogens is 1. The highest BCUT2D eigenvalue weighted by Crippen LogP contribution is 2.13. The molecule has 0 fully saturated rings. The van der Waals surface area contributed by atoms with Gasteiger partial charge in [-0.3, -0.25) is 9.78 Å². The molecule has 0 spiro atoms. The van der Waals surface area contributed by atoms with Crippen LogP contribution in [-0.4, -0.2) is 10.9 Å². The highest BCUT2D eigenvalue weighted by atomic mass is 16.1. The number of fused-ring (bicyclic) bond motifs is 1. The molecule has 0 aliphatic rings. The molecule has 0 atom stereocenters. The fraction of sp³-hybridized carbons (Fsp3) is 0.0556. The van der Waals surface area contributed by atoms with Crippen molar-refractivity contribution in [1.29, 1.82) is 5.26 Å². The maximum Gasteiger partial charge on any atom is 0.251 e. The Bertz CT molecular complexity index is 863. The summed E-state index contributed by atoms with van der Waals surface area (Å²) in [6.45, 7) is 0.426. The van der Waals surface area contributed by atoms with Crippen LogP contribution in [0, 0.1) is 11.3 Å². The van der Waals surface area contributed by atoms with Crippen molar-refractivity contribution in [2.24, 2.45) is 0 Å². The molecule has 0 bridgehead atoms. The summed E-state index contributed by atoms with van der Waals surface area (Å²) in [5.41, 5.74) is 3.03. The molecule has 106 valence electrons. The molecule has 4 heteroatoms. The van der Waals surface area contributed by atoms with Crippen LogP contribution in [0.5, 0.6) is 0 Å². The summed E-state index contributed by atoms with van der Waals surface area (Å²) in [4.78, 5) is 16.4. The van der Waals surface area contributed by atoms with E-state index in [4.69, 9.17) is 5.26 Å². The van der Waals surface area contributed by atoms with Crippen LogP contribution < -0.4 is 5.32 Å². The number of carbonyl (C=O) groups excluding carboxylic acids is 1. The normalized spacial score (nSPS) is 10.1. The van der Waals surface area contributed by atoms with Gasteiger partial charge in [0, 0.05) is 23.7 Å². The first kappa shape index (κ1) is 13.8. The quantitative estimate of drug-likeness (QED) is 0.805. The van der Waals surface area contributed by atoms with Crippen molar-refractivity contribution < 1.29 is 4.79 Å². The van der Waals surface area contributed by atoms with E-state index in [1.165, 1.54) is 0 Å². The van der Waals surface area contributed by atoms with Gasteiger partial charge < -0.3 is 5.32 Å². The fourth-order valence-electron chi connectivity index (χ4n) is 2.20. The molecule has 0 aliphatic heterocycles. The Morgan fingerprint density at radius 3 is 2.73 bits per heavy atom. The number of hydrogen-bond donors (Lipinski definition) is 1. The Morgan fingerprint density at radius 2 is 1.95 bits per heavy atom. The van der Waals surface area contributed by atoms with E-state index in [2.05, 4.69) is 16.4 Å². The summed E-state index contributed by atoms with van der Waals surface area (Å²) in [5, 5.41) is 12.6. The van der Waals surface area contributed by atoms with Gasteiger partial charge in [-0.1, -0.05) is 18.2 Å².